The first kappa shape index (κ1) is 14.5. The van der Waals surface area contributed by atoms with E-state index < -0.39 is 0 Å². The van der Waals surface area contributed by atoms with Crippen LogP contribution in [0, 0.1) is 5.92 Å². The van der Waals surface area contributed by atoms with Crippen LogP contribution >= 0.6 is 0 Å². The maximum Gasteiger partial charge on any atom is 0.224 e. The van der Waals surface area contributed by atoms with Gasteiger partial charge in [0.2, 0.25) is 5.91 Å². The Balaban J connectivity index is 2.34. The second kappa shape index (κ2) is 6.97. The normalized spacial score (nSPS) is 26.2. The second-order valence-corrected chi connectivity index (χ2v) is 5.03. The number of nitrogens with zero attached hydrogens (tertiary/aromatic N) is 1. The minimum absolute atomic E-state index is 0.147. The lowest BCUT2D eigenvalue weighted by Crippen LogP contribution is -2.45. The summed E-state index contributed by atoms with van der Waals surface area (Å²) in [5.74, 6) is 0.358. The van der Waals surface area contributed by atoms with E-state index >= 15 is 0 Å². The molecule has 2 N–H and O–H groups in total. The Morgan fingerprint density at radius 3 is 2.59 bits per heavy atom. The standard InChI is InChI=1S/C13H27N3O/c1-5-16(6-2)9-10(3)15-13(17)12-7-8-14-11(12)4/h10-12,14H,5-9H2,1-4H3,(H,15,17). The summed E-state index contributed by atoms with van der Waals surface area (Å²) < 4.78 is 0. The van der Waals surface area contributed by atoms with Crippen LogP contribution in [-0.2, 0) is 4.79 Å². The molecule has 17 heavy (non-hydrogen) atoms. The average Bonchev–Trinajstić information content (AvgIpc) is 2.72. The zero-order valence-electron chi connectivity index (χ0n) is 11.6. The molecule has 0 aliphatic carbocycles. The number of hydrogen-bond acceptors (Lipinski definition) is 3. The van der Waals surface area contributed by atoms with E-state index in [2.05, 4.69) is 43.2 Å². The Kier molecular flexibility index (Phi) is 5.92. The Labute approximate surface area is 105 Å². The van der Waals surface area contributed by atoms with Gasteiger partial charge in [0.1, 0.15) is 0 Å². The fourth-order valence-corrected chi connectivity index (χ4v) is 2.48. The number of amides is 1. The van der Waals surface area contributed by atoms with E-state index in [0.29, 0.717) is 6.04 Å². The maximum absolute atomic E-state index is 12.1. The monoisotopic (exact) mass is 241 g/mol. The third-order valence-electron chi connectivity index (χ3n) is 3.68. The minimum atomic E-state index is 0.147. The smallest absolute Gasteiger partial charge is 0.224 e. The zero-order chi connectivity index (χ0) is 12.8. The minimum Gasteiger partial charge on any atom is -0.352 e. The Morgan fingerprint density at radius 1 is 1.47 bits per heavy atom. The lowest BCUT2D eigenvalue weighted by molar-refractivity contribution is -0.125. The third kappa shape index (κ3) is 4.28. The van der Waals surface area contributed by atoms with Crippen molar-refractivity contribution in [1.82, 2.24) is 15.5 Å². The summed E-state index contributed by atoms with van der Waals surface area (Å²) in [5, 5.41) is 6.45. The highest BCUT2D eigenvalue weighted by Crippen LogP contribution is 2.15. The van der Waals surface area contributed by atoms with E-state index in [1.165, 1.54) is 0 Å². The van der Waals surface area contributed by atoms with Gasteiger partial charge >= 0.3 is 0 Å². The Morgan fingerprint density at radius 2 is 2.12 bits per heavy atom. The Hall–Kier alpha value is -0.610. The van der Waals surface area contributed by atoms with Crippen molar-refractivity contribution in [3.05, 3.63) is 0 Å². The third-order valence-corrected chi connectivity index (χ3v) is 3.68. The average molecular weight is 241 g/mol. The highest BCUT2D eigenvalue weighted by Gasteiger charge is 2.29. The number of likely N-dealkylation sites (N-methyl/N-ethyl adjacent to an activating group) is 1. The van der Waals surface area contributed by atoms with Gasteiger partial charge in [-0.25, -0.2) is 0 Å². The quantitative estimate of drug-likeness (QED) is 0.724. The van der Waals surface area contributed by atoms with Gasteiger partial charge in [0.15, 0.2) is 0 Å². The van der Waals surface area contributed by atoms with Crippen molar-refractivity contribution >= 4 is 5.91 Å². The molecule has 100 valence electrons. The van der Waals surface area contributed by atoms with Crippen LogP contribution in [0.15, 0.2) is 0 Å². The molecule has 0 saturated carbocycles. The van der Waals surface area contributed by atoms with Crippen LogP contribution in [0.2, 0.25) is 0 Å². The van der Waals surface area contributed by atoms with E-state index in [-0.39, 0.29) is 17.9 Å². The summed E-state index contributed by atoms with van der Waals surface area (Å²) in [6, 6.07) is 0.547. The molecule has 1 rings (SSSR count). The van der Waals surface area contributed by atoms with Crippen molar-refractivity contribution in [2.24, 2.45) is 5.92 Å². The summed E-state index contributed by atoms with van der Waals surface area (Å²) >= 11 is 0. The lowest BCUT2D eigenvalue weighted by atomic mass is 10.0. The van der Waals surface area contributed by atoms with Crippen LogP contribution in [0.4, 0.5) is 0 Å². The number of carbonyl (C=O) groups excluding carboxylic acids is 1. The van der Waals surface area contributed by atoms with Crippen molar-refractivity contribution in [2.45, 2.75) is 46.2 Å². The maximum atomic E-state index is 12.1. The molecular formula is C13H27N3O. The van der Waals surface area contributed by atoms with Gasteiger partial charge in [-0.3, -0.25) is 4.79 Å². The van der Waals surface area contributed by atoms with Crippen molar-refractivity contribution < 1.29 is 4.79 Å². The molecule has 1 heterocycles. The second-order valence-electron chi connectivity index (χ2n) is 5.03. The van der Waals surface area contributed by atoms with Crippen molar-refractivity contribution in [1.29, 1.82) is 0 Å². The molecule has 0 aromatic heterocycles. The van der Waals surface area contributed by atoms with Crippen LogP contribution in [0.3, 0.4) is 0 Å². The van der Waals surface area contributed by atoms with Crippen LogP contribution in [0.1, 0.15) is 34.1 Å². The highest BCUT2D eigenvalue weighted by atomic mass is 16.2. The molecule has 0 spiro atoms. The van der Waals surface area contributed by atoms with Gasteiger partial charge in [-0.2, -0.15) is 0 Å². The summed E-state index contributed by atoms with van der Waals surface area (Å²) in [6.07, 6.45) is 0.963. The topological polar surface area (TPSA) is 44.4 Å². The van der Waals surface area contributed by atoms with Gasteiger partial charge in [-0.15, -0.1) is 0 Å². The predicted molar refractivity (Wildman–Crippen MR) is 71.0 cm³/mol. The molecule has 4 heteroatoms. The molecule has 3 unspecified atom stereocenters. The molecular weight excluding hydrogens is 214 g/mol. The molecule has 0 aromatic rings. The van der Waals surface area contributed by atoms with Crippen molar-refractivity contribution in [3.8, 4) is 0 Å². The molecule has 0 bridgehead atoms. The van der Waals surface area contributed by atoms with E-state index in [4.69, 9.17) is 0 Å². The van der Waals surface area contributed by atoms with Crippen LogP contribution in [0.25, 0.3) is 0 Å². The van der Waals surface area contributed by atoms with Crippen molar-refractivity contribution in [3.63, 3.8) is 0 Å². The largest absolute Gasteiger partial charge is 0.352 e. The predicted octanol–water partition coefficient (Wildman–Crippen LogP) is 0.831. The van der Waals surface area contributed by atoms with Gasteiger partial charge in [-0.05, 0) is 39.9 Å². The van der Waals surface area contributed by atoms with Crippen LogP contribution in [-0.4, -0.2) is 49.1 Å². The molecule has 1 aliphatic heterocycles. The van der Waals surface area contributed by atoms with Crippen LogP contribution in [0.5, 0.6) is 0 Å². The first-order chi connectivity index (χ1) is 8.08. The van der Waals surface area contributed by atoms with E-state index in [0.717, 1.165) is 32.6 Å². The highest BCUT2D eigenvalue weighted by molar-refractivity contribution is 5.80. The van der Waals surface area contributed by atoms with Gasteiger partial charge in [0.05, 0.1) is 5.92 Å². The van der Waals surface area contributed by atoms with Gasteiger partial charge in [-0.1, -0.05) is 13.8 Å². The van der Waals surface area contributed by atoms with E-state index in [1.54, 1.807) is 0 Å². The number of nitrogens with one attached hydrogen (secondary N) is 2. The summed E-state index contributed by atoms with van der Waals surface area (Å²) in [5.41, 5.74) is 0. The molecule has 3 atom stereocenters. The fraction of sp³-hybridized carbons (Fsp3) is 0.923. The van der Waals surface area contributed by atoms with Gasteiger partial charge in [0.25, 0.3) is 0 Å². The summed E-state index contributed by atoms with van der Waals surface area (Å²) in [7, 11) is 0. The molecule has 1 saturated heterocycles. The SMILES string of the molecule is CCN(CC)CC(C)NC(=O)C1CCNC1C. The van der Waals surface area contributed by atoms with Crippen molar-refractivity contribution in [2.75, 3.05) is 26.2 Å². The summed E-state index contributed by atoms with van der Waals surface area (Å²) in [4.78, 5) is 14.4. The molecule has 0 radical (unpaired) electrons. The molecule has 1 amide bonds. The van der Waals surface area contributed by atoms with Gasteiger partial charge in [0, 0.05) is 18.6 Å². The molecule has 4 nitrogen and oxygen atoms in total. The number of carbonyl (C=O) groups is 1. The van der Waals surface area contributed by atoms with E-state index in [9.17, 15) is 4.79 Å². The number of hydrogen-bond donors (Lipinski definition) is 2. The molecule has 1 aliphatic rings. The van der Waals surface area contributed by atoms with E-state index in [1.807, 2.05) is 0 Å². The lowest BCUT2D eigenvalue weighted by Gasteiger charge is -2.25. The first-order valence-electron chi connectivity index (χ1n) is 6.84. The van der Waals surface area contributed by atoms with Crippen LogP contribution < -0.4 is 10.6 Å². The molecule has 1 fully saturated rings. The zero-order valence-corrected chi connectivity index (χ0v) is 11.6. The summed E-state index contributed by atoms with van der Waals surface area (Å²) in [6.45, 7) is 12.5. The molecule has 0 aromatic carbocycles. The number of rotatable bonds is 6. The fourth-order valence-electron chi connectivity index (χ4n) is 2.48. The van der Waals surface area contributed by atoms with Gasteiger partial charge < -0.3 is 15.5 Å². The Bertz CT molecular complexity index is 241. The first-order valence-corrected chi connectivity index (χ1v) is 6.84.